The topological polar surface area (TPSA) is 96.9 Å². The Morgan fingerprint density at radius 3 is 2.73 bits per heavy atom. The summed E-state index contributed by atoms with van der Waals surface area (Å²) in [6.45, 7) is 2.43. The average Bonchev–Trinajstić information content (AvgIpc) is 2.84. The molecule has 2 aromatic heterocycles. The third-order valence-electron chi connectivity index (χ3n) is 5.01. The SMILES string of the molecule is O=S1(=O)CC[C@@H](CNc2nc(-c3ccncc3)nc3c2CCNCC3)C1. The zero-order valence-corrected chi connectivity index (χ0v) is 15.4. The molecule has 1 saturated heterocycles. The molecule has 7 nitrogen and oxygen atoms in total. The van der Waals surface area contributed by atoms with Crippen LogP contribution in [0.15, 0.2) is 24.5 Å². The van der Waals surface area contributed by atoms with Crippen LogP contribution < -0.4 is 10.6 Å². The predicted molar refractivity (Wildman–Crippen MR) is 101 cm³/mol. The van der Waals surface area contributed by atoms with Gasteiger partial charge in [0.1, 0.15) is 5.82 Å². The van der Waals surface area contributed by atoms with Crippen LogP contribution in [0, 0.1) is 5.92 Å². The highest BCUT2D eigenvalue weighted by molar-refractivity contribution is 7.91. The van der Waals surface area contributed by atoms with Gasteiger partial charge in [-0.2, -0.15) is 0 Å². The molecule has 26 heavy (non-hydrogen) atoms. The summed E-state index contributed by atoms with van der Waals surface area (Å²) in [5.41, 5.74) is 3.15. The van der Waals surface area contributed by atoms with Crippen molar-refractivity contribution in [1.82, 2.24) is 20.3 Å². The normalized spacial score (nSPS) is 21.8. The van der Waals surface area contributed by atoms with E-state index in [0.717, 1.165) is 55.0 Å². The van der Waals surface area contributed by atoms with Gasteiger partial charge in [0.15, 0.2) is 15.7 Å². The number of hydrogen-bond donors (Lipinski definition) is 2. The van der Waals surface area contributed by atoms with Crippen LogP contribution in [-0.2, 0) is 22.7 Å². The van der Waals surface area contributed by atoms with E-state index in [1.807, 2.05) is 12.1 Å². The second kappa shape index (κ2) is 7.28. The molecule has 0 unspecified atom stereocenters. The molecule has 8 heteroatoms. The maximum absolute atomic E-state index is 11.7. The molecule has 2 aromatic rings. The van der Waals surface area contributed by atoms with Crippen LogP contribution in [0.2, 0.25) is 0 Å². The molecule has 4 rings (SSSR count). The van der Waals surface area contributed by atoms with Crippen molar-refractivity contribution < 1.29 is 8.42 Å². The quantitative estimate of drug-likeness (QED) is 0.827. The third kappa shape index (κ3) is 3.86. The van der Waals surface area contributed by atoms with Crippen LogP contribution in [-0.4, -0.2) is 54.5 Å². The molecule has 0 saturated carbocycles. The lowest BCUT2D eigenvalue weighted by atomic mass is 10.1. The number of fused-ring (bicyclic) bond motifs is 1. The predicted octanol–water partition coefficient (Wildman–Crippen LogP) is 1.07. The summed E-state index contributed by atoms with van der Waals surface area (Å²) in [4.78, 5) is 13.6. The van der Waals surface area contributed by atoms with Crippen molar-refractivity contribution in [2.75, 3.05) is 36.5 Å². The number of pyridine rings is 1. The van der Waals surface area contributed by atoms with Gasteiger partial charge in [-0.25, -0.2) is 18.4 Å². The van der Waals surface area contributed by atoms with Crippen molar-refractivity contribution in [3.8, 4) is 11.4 Å². The molecular weight excluding hydrogens is 350 g/mol. The fraction of sp³-hybridized carbons (Fsp3) is 0.500. The highest BCUT2D eigenvalue weighted by atomic mass is 32.2. The second-order valence-corrected chi connectivity index (χ2v) is 9.19. The summed E-state index contributed by atoms with van der Waals surface area (Å²) in [5.74, 6) is 2.25. The number of nitrogens with one attached hydrogen (secondary N) is 2. The summed E-state index contributed by atoms with van der Waals surface area (Å²) in [5, 5.41) is 6.84. The number of nitrogens with zero attached hydrogens (tertiary/aromatic N) is 3. The smallest absolute Gasteiger partial charge is 0.161 e. The Bertz CT molecular complexity index is 886. The van der Waals surface area contributed by atoms with Gasteiger partial charge >= 0.3 is 0 Å². The zero-order valence-electron chi connectivity index (χ0n) is 14.6. The first kappa shape index (κ1) is 17.4. The monoisotopic (exact) mass is 373 g/mol. The van der Waals surface area contributed by atoms with E-state index in [9.17, 15) is 8.42 Å². The lowest BCUT2D eigenvalue weighted by Gasteiger charge is -2.16. The summed E-state index contributed by atoms with van der Waals surface area (Å²) in [6, 6.07) is 3.81. The first-order valence-electron chi connectivity index (χ1n) is 9.06. The number of rotatable bonds is 4. The van der Waals surface area contributed by atoms with E-state index >= 15 is 0 Å². The molecule has 2 N–H and O–H groups in total. The molecule has 0 aromatic carbocycles. The van der Waals surface area contributed by atoms with Gasteiger partial charge in [0, 0.05) is 43.0 Å². The van der Waals surface area contributed by atoms with E-state index in [1.54, 1.807) is 12.4 Å². The van der Waals surface area contributed by atoms with E-state index < -0.39 is 9.84 Å². The first-order valence-corrected chi connectivity index (χ1v) is 10.9. The van der Waals surface area contributed by atoms with E-state index in [4.69, 9.17) is 9.97 Å². The molecule has 2 aliphatic rings. The lowest BCUT2D eigenvalue weighted by Crippen LogP contribution is -2.19. The molecular formula is C18H23N5O2S. The largest absolute Gasteiger partial charge is 0.369 e. The summed E-state index contributed by atoms with van der Waals surface area (Å²) < 4.78 is 23.4. The minimum absolute atomic E-state index is 0.152. The van der Waals surface area contributed by atoms with Crippen LogP contribution in [0.25, 0.3) is 11.4 Å². The van der Waals surface area contributed by atoms with Crippen molar-refractivity contribution in [1.29, 1.82) is 0 Å². The molecule has 138 valence electrons. The van der Waals surface area contributed by atoms with Gasteiger partial charge in [-0.15, -0.1) is 0 Å². The van der Waals surface area contributed by atoms with Gasteiger partial charge in [-0.05, 0) is 37.4 Å². The van der Waals surface area contributed by atoms with Gasteiger partial charge in [0.25, 0.3) is 0 Å². The minimum Gasteiger partial charge on any atom is -0.369 e. The van der Waals surface area contributed by atoms with Gasteiger partial charge in [-0.3, -0.25) is 4.98 Å². The van der Waals surface area contributed by atoms with Crippen molar-refractivity contribution in [3.63, 3.8) is 0 Å². The molecule has 0 aliphatic carbocycles. The molecule has 1 atom stereocenters. The van der Waals surface area contributed by atoms with Crippen LogP contribution in [0.3, 0.4) is 0 Å². The Balaban J connectivity index is 1.63. The lowest BCUT2D eigenvalue weighted by molar-refractivity contribution is 0.595. The average molecular weight is 373 g/mol. The van der Waals surface area contributed by atoms with E-state index in [-0.39, 0.29) is 11.7 Å². The molecule has 2 aliphatic heterocycles. The molecule has 0 spiro atoms. The Morgan fingerprint density at radius 1 is 1.15 bits per heavy atom. The fourth-order valence-electron chi connectivity index (χ4n) is 3.60. The molecule has 0 radical (unpaired) electrons. The van der Waals surface area contributed by atoms with Gasteiger partial charge in [0.2, 0.25) is 0 Å². The Morgan fingerprint density at radius 2 is 1.96 bits per heavy atom. The van der Waals surface area contributed by atoms with E-state index in [2.05, 4.69) is 15.6 Å². The third-order valence-corrected chi connectivity index (χ3v) is 6.84. The van der Waals surface area contributed by atoms with Crippen molar-refractivity contribution in [3.05, 3.63) is 35.8 Å². The summed E-state index contributed by atoms with van der Waals surface area (Å²) >= 11 is 0. The second-order valence-electron chi connectivity index (χ2n) is 6.96. The summed E-state index contributed by atoms with van der Waals surface area (Å²) in [6.07, 6.45) is 5.94. The van der Waals surface area contributed by atoms with Crippen LogP contribution in [0.5, 0.6) is 0 Å². The zero-order chi connectivity index (χ0) is 18.0. The number of sulfone groups is 1. The highest BCUT2D eigenvalue weighted by Gasteiger charge is 2.28. The van der Waals surface area contributed by atoms with Gasteiger partial charge in [-0.1, -0.05) is 0 Å². The van der Waals surface area contributed by atoms with Crippen LogP contribution >= 0.6 is 0 Å². The number of hydrogen-bond acceptors (Lipinski definition) is 7. The van der Waals surface area contributed by atoms with Crippen LogP contribution in [0.1, 0.15) is 17.7 Å². The molecule has 0 amide bonds. The fourth-order valence-corrected chi connectivity index (χ4v) is 5.46. The Labute approximate surface area is 153 Å². The van der Waals surface area contributed by atoms with Crippen molar-refractivity contribution in [2.45, 2.75) is 19.3 Å². The maximum Gasteiger partial charge on any atom is 0.161 e. The molecule has 0 bridgehead atoms. The highest BCUT2D eigenvalue weighted by Crippen LogP contribution is 2.25. The summed E-state index contributed by atoms with van der Waals surface area (Å²) in [7, 11) is -2.86. The minimum atomic E-state index is -2.86. The van der Waals surface area contributed by atoms with Gasteiger partial charge < -0.3 is 10.6 Å². The number of anilines is 1. The Hall–Kier alpha value is -2.06. The van der Waals surface area contributed by atoms with Gasteiger partial charge in [0.05, 0.1) is 17.2 Å². The maximum atomic E-state index is 11.7. The number of aromatic nitrogens is 3. The van der Waals surface area contributed by atoms with Crippen LogP contribution in [0.4, 0.5) is 5.82 Å². The van der Waals surface area contributed by atoms with E-state index in [1.165, 1.54) is 0 Å². The van der Waals surface area contributed by atoms with Crippen molar-refractivity contribution in [2.24, 2.45) is 5.92 Å². The van der Waals surface area contributed by atoms with E-state index in [0.29, 0.717) is 18.1 Å². The molecule has 1 fully saturated rings. The van der Waals surface area contributed by atoms with Crippen molar-refractivity contribution >= 4 is 15.7 Å². The standard InChI is InChI=1S/C18H23N5O2S/c24-26(25)10-5-13(12-26)11-21-18-15-3-8-20-9-4-16(15)22-17(23-18)14-1-6-19-7-2-14/h1-2,6-7,13,20H,3-5,8-12H2,(H,21,22,23)/t13-/m0/s1. The molecule has 4 heterocycles. The Kier molecular flexibility index (Phi) is 4.86. The first-order chi connectivity index (χ1) is 12.6.